The molecule has 24 heavy (non-hydrogen) atoms. The highest BCUT2D eigenvalue weighted by Gasteiger charge is 2.12. The van der Waals surface area contributed by atoms with Crippen LogP contribution in [0.1, 0.15) is 10.4 Å². The summed E-state index contributed by atoms with van der Waals surface area (Å²) in [4.78, 5) is 15.2. The van der Waals surface area contributed by atoms with E-state index in [-0.39, 0.29) is 22.8 Å². The van der Waals surface area contributed by atoms with Gasteiger partial charge < -0.3 is 25.7 Å². The molecule has 0 radical (unpaired) electrons. The number of hydrogen-bond acceptors (Lipinski definition) is 7. The summed E-state index contributed by atoms with van der Waals surface area (Å²) in [6.07, 6.45) is 0. The maximum atomic E-state index is 10.9. The van der Waals surface area contributed by atoms with Gasteiger partial charge in [-0.2, -0.15) is 0 Å². The van der Waals surface area contributed by atoms with Crippen molar-refractivity contribution in [2.45, 2.75) is 0 Å². The summed E-state index contributed by atoms with van der Waals surface area (Å²) >= 11 is 1.27. The molecule has 0 atom stereocenters. The van der Waals surface area contributed by atoms with Gasteiger partial charge >= 0.3 is 5.97 Å². The van der Waals surface area contributed by atoms with Crippen LogP contribution in [-0.2, 0) is 0 Å². The standard InChI is InChI=1S/C16H12N2O5S/c19-9-2-4-10(14(21)6-9)12-7-24-16(18-12)17-8-1-3-11(15(22)23)13(20)5-8/h1-7,19-21H,(H,17,18)(H,22,23). The average Bonchev–Trinajstić information content (AvgIpc) is 2.95. The summed E-state index contributed by atoms with van der Waals surface area (Å²) in [5.41, 5.74) is 1.29. The highest BCUT2D eigenvalue weighted by Crippen LogP contribution is 2.34. The van der Waals surface area contributed by atoms with Crippen molar-refractivity contribution in [1.82, 2.24) is 4.98 Å². The van der Waals surface area contributed by atoms with Gasteiger partial charge in [0.1, 0.15) is 22.8 Å². The van der Waals surface area contributed by atoms with Crippen molar-refractivity contribution in [3.05, 3.63) is 47.3 Å². The normalized spacial score (nSPS) is 10.5. The Morgan fingerprint density at radius 2 is 1.83 bits per heavy atom. The molecule has 0 spiro atoms. The fourth-order valence-electron chi connectivity index (χ4n) is 2.11. The highest BCUT2D eigenvalue weighted by molar-refractivity contribution is 7.14. The third-order valence-electron chi connectivity index (χ3n) is 3.24. The molecule has 5 N–H and O–H groups in total. The Morgan fingerprint density at radius 1 is 1.04 bits per heavy atom. The van der Waals surface area contributed by atoms with Gasteiger partial charge in [-0.1, -0.05) is 0 Å². The second kappa shape index (κ2) is 6.09. The average molecular weight is 344 g/mol. The Balaban J connectivity index is 1.84. The monoisotopic (exact) mass is 344 g/mol. The van der Waals surface area contributed by atoms with Crippen molar-refractivity contribution in [3.63, 3.8) is 0 Å². The third kappa shape index (κ3) is 3.08. The Bertz CT molecular complexity index is 923. The molecule has 1 heterocycles. The number of aromatic carboxylic acids is 1. The van der Waals surface area contributed by atoms with Crippen LogP contribution in [0.2, 0.25) is 0 Å². The number of benzene rings is 2. The number of aromatic nitrogens is 1. The molecule has 2 aromatic carbocycles. The van der Waals surface area contributed by atoms with Gasteiger partial charge in [-0.25, -0.2) is 9.78 Å². The van der Waals surface area contributed by atoms with Crippen LogP contribution in [0.3, 0.4) is 0 Å². The van der Waals surface area contributed by atoms with Crippen LogP contribution < -0.4 is 5.32 Å². The number of nitrogens with one attached hydrogen (secondary N) is 1. The van der Waals surface area contributed by atoms with Gasteiger partial charge in [0.2, 0.25) is 0 Å². The SMILES string of the molecule is O=C(O)c1ccc(Nc2nc(-c3ccc(O)cc3O)cs2)cc1O. The molecule has 8 heteroatoms. The molecule has 0 aliphatic rings. The molecule has 0 bridgehead atoms. The van der Waals surface area contributed by atoms with E-state index >= 15 is 0 Å². The van der Waals surface area contributed by atoms with E-state index < -0.39 is 5.97 Å². The maximum absolute atomic E-state index is 10.9. The lowest BCUT2D eigenvalue weighted by Crippen LogP contribution is -1.97. The first-order valence-electron chi connectivity index (χ1n) is 6.75. The van der Waals surface area contributed by atoms with Gasteiger partial charge in [-0.15, -0.1) is 11.3 Å². The second-order valence-electron chi connectivity index (χ2n) is 4.90. The van der Waals surface area contributed by atoms with E-state index in [0.717, 1.165) is 0 Å². The lowest BCUT2D eigenvalue weighted by atomic mass is 10.1. The number of nitrogens with zero attached hydrogens (tertiary/aromatic N) is 1. The van der Waals surface area contributed by atoms with E-state index in [2.05, 4.69) is 10.3 Å². The summed E-state index contributed by atoms with van der Waals surface area (Å²) in [6.45, 7) is 0. The van der Waals surface area contributed by atoms with E-state index in [9.17, 15) is 20.1 Å². The lowest BCUT2D eigenvalue weighted by Gasteiger charge is -2.05. The molecule has 7 nitrogen and oxygen atoms in total. The first kappa shape index (κ1) is 15.6. The quantitative estimate of drug-likeness (QED) is 0.491. The number of aromatic hydroxyl groups is 3. The van der Waals surface area contributed by atoms with Gasteiger partial charge in [0.15, 0.2) is 5.13 Å². The van der Waals surface area contributed by atoms with Gasteiger partial charge in [0, 0.05) is 28.8 Å². The smallest absolute Gasteiger partial charge is 0.339 e. The zero-order valence-corrected chi connectivity index (χ0v) is 12.9. The van der Waals surface area contributed by atoms with Crippen LogP contribution in [-0.4, -0.2) is 31.4 Å². The van der Waals surface area contributed by atoms with Gasteiger partial charge in [-0.3, -0.25) is 0 Å². The molecular weight excluding hydrogens is 332 g/mol. The first-order valence-corrected chi connectivity index (χ1v) is 7.63. The van der Waals surface area contributed by atoms with Crippen LogP contribution >= 0.6 is 11.3 Å². The number of carbonyl (C=O) groups is 1. The van der Waals surface area contributed by atoms with Crippen LogP contribution in [0.4, 0.5) is 10.8 Å². The highest BCUT2D eigenvalue weighted by atomic mass is 32.1. The minimum absolute atomic E-state index is 0.0428. The summed E-state index contributed by atoms with van der Waals surface area (Å²) in [5.74, 6) is -1.69. The van der Waals surface area contributed by atoms with Crippen molar-refractivity contribution in [2.75, 3.05) is 5.32 Å². The van der Waals surface area contributed by atoms with Crippen LogP contribution in [0.25, 0.3) is 11.3 Å². The van der Waals surface area contributed by atoms with E-state index in [1.807, 2.05) is 0 Å². The molecule has 0 saturated carbocycles. The van der Waals surface area contributed by atoms with Crippen LogP contribution in [0, 0.1) is 0 Å². The topological polar surface area (TPSA) is 123 Å². The summed E-state index contributed by atoms with van der Waals surface area (Å²) in [6, 6.07) is 8.33. The fourth-order valence-corrected chi connectivity index (χ4v) is 2.84. The van der Waals surface area contributed by atoms with Crippen molar-refractivity contribution >= 4 is 28.1 Å². The number of phenols is 3. The third-order valence-corrected chi connectivity index (χ3v) is 4.00. The van der Waals surface area contributed by atoms with Gasteiger partial charge in [-0.05, 0) is 24.3 Å². The summed E-state index contributed by atoms with van der Waals surface area (Å²) < 4.78 is 0. The zero-order chi connectivity index (χ0) is 17.3. The number of anilines is 2. The molecule has 122 valence electrons. The van der Waals surface area contributed by atoms with Gasteiger partial charge in [0.05, 0.1) is 5.69 Å². The predicted molar refractivity (Wildman–Crippen MR) is 89.2 cm³/mol. The zero-order valence-electron chi connectivity index (χ0n) is 12.1. The van der Waals surface area contributed by atoms with Crippen LogP contribution in [0.15, 0.2) is 41.8 Å². The number of thiazole rings is 1. The van der Waals surface area contributed by atoms with E-state index in [0.29, 0.717) is 22.1 Å². The number of hydrogen-bond donors (Lipinski definition) is 5. The molecular formula is C16H12N2O5S. The molecule has 0 aliphatic heterocycles. The second-order valence-corrected chi connectivity index (χ2v) is 5.76. The Hall–Kier alpha value is -3.26. The molecule has 0 fully saturated rings. The number of rotatable bonds is 4. The van der Waals surface area contributed by atoms with Crippen LogP contribution in [0.5, 0.6) is 17.2 Å². The van der Waals surface area contributed by atoms with E-state index in [4.69, 9.17) is 5.11 Å². The van der Waals surface area contributed by atoms with E-state index in [1.165, 1.54) is 41.7 Å². The Kier molecular flexibility index (Phi) is 3.97. The number of carboxylic acids is 1. The lowest BCUT2D eigenvalue weighted by molar-refractivity contribution is 0.0694. The molecule has 0 amide bonds. The van der Waals surface area contributed by atoms with Gasteiger partial charge in [0.25, 0.3) is 0 Å². The fraction of sp³-hybridized carbons (Fsp3) is 0. The predicted octanol–water partition coefficient (Wildman–Crippen LogP) is 3.37. The van der Waals surface area contributed by atoms with Crippen molar-refractivity contribution in [2.24, 2.45) is 0 Å². The van der Waals surface area contributed by atoms with Crippen molar-refractivity contribution < 1.29 is 25.2 Å². The molecule has 0 unspecified atom stereocenters. The number of carboxylic acid groups (broad SMARTS) is 1. The Labute approximate surface area is 140 Å². The van der Waals surface area contributed by atoms with Crippen molar-refractivity contribution in [1.29, 1.82) is 0 Å². The summed E-state index contributed by atoms with van der Waals surface area (Å²) in [5, 5.41) is 42.9. The largest absolute Gasteiger partial charge is 0.508 e. The Morgan fingerprint density at radius 3 is 2.50 bits per heavy atom. The molecule has 0 saturated heterocycles. The molecule has 3 aromatic rings. The minimum Gasteiger partial charge on any atom is -0.508 e. The minimum atomic E-state index is -1.21. The summed E-state index contributed by atoms with van der Waals surface area (Å²) in [7, 11) is 0. The first-order chi connectivity index (χ1) is 11.4. The molecule has 3 rings (SSSR count). The van der Waals surface area contributed by atoms with Crippen molar-refractivity contribution in [3.8, 4) is 28.5 Å². The molecule has 1 aromatic heterocycles. The number of phenolic OH excluding ortho intramolecular Hbond substituents is 2. The van der Waals surface area contributed by atoms with E-state index in [1.54, 1.807) is 11.4 Å². The molecule has 0 aliphatic carbocycles. The maximum Gasteiger partial charge on any atom is 0.339 e.